The molecule has 120 valence electrons. The number of hydrogen-bond donors (Lipinski definition) is 3. The van der Waals surface area contributed by atoms with Crippen molar-refractivity contribution in [2.75, 3.05) is 6.54 Å². The molecule has 21 heavy (non-hydrogen) atoms. The van der Waals surface area contributed by atoms with E-state index in [1.807, 2.05) is 6.92 Å². The molecular weight excluding hydrogens is 272 g/mol. The van der Waals surface area contributed by atoms with Crippen molar-refractivity contribution in [2.24, 2.45) is 17.3 Å². The number of carbonyl (C=O) groups excluding carboxylic acids is 2. The molecule has 0 aromatic carbocycles. The van der Waals surface area contributed by atoms with Crippen molar-refractivity contribution < 1.29 is 19.5 Å². The standard InChI is InChI=1S/C15H26N2O4/c1-9-8-10(9)12(19)16-7-6-11(18)17-15(4,5)14(2,3)13(20)21/h9-10H,6-8H2,1-5H3,(H,16,19)(H,17,18)(H,20,21). The number of hydrogen-bond acceptors (Lipinski definition) is 3. The Bertz CT molecular complexity index is 443. The minimum atomic E-state index is -1.09. The number of carboxylic acids is 1. The minimum Gasteiger partial charge on any atom is -0.481 e. The summed E-state index contributed by atoms with van der Waals surface area (Å²) in [5, 5.41) is 14.7. The first-order valence-electron chi connectivity index (χ1n) is 7.31. The molecule has 2 amide bonds. The summed E-state index contributed by atoms with van der Waals surface area (Å²) in [6, 6.07) is 0. The van der Waals surface area contributed by atoms with E-state index in [1.165, 1.54) is 0 Å². The molecule has 0 aliphatic heterocycles. The zero-order chi connectivity index (χ0) is 16.4. The van der Waals surface area contributed by atoms with Gasteiger partial charge in [0.2, 0.25) is 11.8 Å². The number of amides is 2. The average molecular weight is 298 g/mol. The lowest BCUT2D eigenvalue weighted by molar-refractivity contribution is -0.151. The monoisotopic (exact) mass is 298 g/mol. The molecule has 6 nitrogen and oxygen atoms in total. The van der Waals surface area contributed by atoms with Crippen molar-refractivity contribution >= 4 is 17.8 Å². The molecule has 2 unspecified atom stereocenters. The molecule has 2 atom stereocenters. The molecule has 0 saturated heterocycles. The van der Waals surface area contributed by atoms with E-state index in [-0.39, 0.29) is 30.7 Å². The van der Waals surface area contributed by atoms with Crippen LogP contribution in [-0.2, 0) is 14.4 Å². The van der Waals surface area contributed by atoms with Gasteiger partial charge in [-0.05, 0) is 40.0 Å². The summed E-state index contributed by atoms with van der Waals surface area (Å²) in [7, 11) is 0. The normalized spacial score (nSPS) is 21.6. The number of carboxylic acid groups (broad SMARTS) is 1. The predicted octanol–water partition coefficient (Wildman–Crippen LogP) is 1.15. The molecule has 0 aromatic rings. The molecule has 6 heteroatoms. The van der Waals surface area contributed by atoms with Crippen LogP contribution in [0.15, 0.2) is 0 Å². The molecule has 1 fully saturated rings. The van der Waals surface area contributed by atoms with Gasteiger partial charge >= 0.3 is 5.97 Å². The van der Waals surface area contributed by atoms with Gasteiger partial charge < -0.3 is 15.7 Å². The highest BCUT2D eigenvalue weighted by atomic mass is 16.4. The third-order valence-corrected chi connectivity index (χ3v) is 4.65. The molecule has 1 aliphatic carbocycles. The summed E-state index contributed by atoms with van der Waals surface area (Å²) >= 11 is 0. The van der Waals surface area contributed by atoms with Crippen molar-refractivity contribution in [3.63, 3.8) is 0 Å². The Hall–Kier alpha value is -1.59. The minimum absolute atomic E-state index is 0.000394. The van der Waals surface area contributed by atoms with Crippen molar-refractivity contribution in [3.05, 3.63) is 0 Å². The summed E-state index contributed by atoms with van der Waals surface area (Å²) in [5.41, 5.74) is -1.97. The second-order valence-corrected chi connectivity index (χ2v) is 6.96. The fourth-order valence-corrected chi connectivity index (χ4v) is 1.95. The smallest absolute Gasteiger partial charge is 0.311 e. The molecule has 0 aromatic heterocycles. The van der Waals surface area contributed by atoms with E-state index in [2.05, 4.69) is 10.6 Å². The first kappa shape index (κ1) is 17.5. The van der Waals surface area contributed by atoms with E-state index in [4.69, 9.17) is 0 Å². The molecule has 0 bridgehead atoms. The fraction of sp³-hybridized carbons (Fsp3) is 0.800. The van der Waals surface area contributed by atoms with Gasteiger partial charge in [-0.15, -0.1) is 0 Å². The summed E-state index contributed by atoms with van der Waals surface area (Å²) in [6.07, 6.45) is 1.06. The Balaban J connectivity index is 2.39. The van der Waals surface area contributed by atoms with Gasteiger partial charge in [-0.3, -0.25) is 14.4 Å². The summed E-state index contributed by atoms with van der Waals surface area (Å²) in [5.74, 6) is -0.702. The maximum atomic E-state index is 11.9. The van der Waals surface area contributed by atoms with Crippen LogP contribution < -0.4 is 10.6 Å². The lowest BCUT2D eigenvalue weighted by Gasteiger charge is -2.38. The SMILES string of the molecule is CC1CC1C(=O)NCCC(=O)NC(C)(C)C(C)(C)C(=O)O. The van der Waals surface area contributed by atoms with E-state index in [1.54, 1.807) is 27.7 Å². The third-order valence-electron chi connectivity index (χ3n) is 4.65. The van der Waals surface area contributed by atoms with E-state index >= 15 is 0 Å². The molecular formula is C15H26N2O4. The number of aliphatic carboxylic acids is 1. The van der Waals surface area contributed by atoms with Crippen LogP contribution in [0.25, 0.3) is 0 Å². The lowest BCUT2D eigenvalue weighted by atomic mass is 9.74. The predicted molar refractivity (Wildman–Crippen MR) is 78.5 cm³/mol. The van der Waals surface area contributed by atoms with Gasteiger partial charge in [0.05, 0.1) is 5.41 Å². The van der Waals surface area contributed by atoms with E-state index in [9.17, 15) is 19.5 Å². The summed E-state index contributed by atoms with van der Waals surface area (Å²) in [6.45, 7) is 8.82. The van der Waals surface area contributed by atoms with Gasteiger partial charge in [-0.25, -0.2) is 0 Å². The van der Waals surface area contributed by atoms with Crippen LogP contribution in [0.3, 0.4) is 0 Å². The fourth-order valence-electron chi connectivity index (χ4n) is 1.95. The van der Waals surface area contributed by atoms with Gasteiger partial charge in [-0.1, -0.05) is 6.92 Å². The van der Waals surface area contributed by atoms with Crippen molar-refractivity contribution in [3.8, 4) is 0 Å². The Kier molecular flexibility index (Phi) is 5.02. The van der Waals surface area contributed by atoms with E-state index < -0.39 is 16.9 Å². The highest BCUT2D eigenvalue weighted by Gasteiger charge is 2.44. The quantitative estimate of drug-likeness (QED) is 0.657. The Morgan fingerprint density at radius 2 is 1.71 bits per heavy atom. The van der Waals surface area contributed by atoms with Gasteiger partial charge in [0.1, 0.15) is 0 Å². The second kappa shape index (κ2) is 6.03. The van der Waals surface area contributed by atoms with Gasteiger partial charge in [0.15, 0.2) is 0 Å². The van der Waals surface area contributed by atoms with Crippen molar-refractivity contribution in [1.29, 1.82) is 0 Å². The highest BCUT2D eigenvalue weighted by molar-refractivity contribution is 5.83. The summed E-state index contributed by atoms with van der Waals surface area (Å²) < 4.78 is 0. The van der Waals surface area contributed by atoms with Gasteiger partial charge in [-0.2, -0.15) is 0 Å². The first-order valence-corrected chi connectivity index (χ1v) is 7.31. The van der Waals surface area contributed by atoms with Crippen molar-refractivity contribution in [1.82, 2.24) is 10.6 Å². The molecule has 0 radical (unpaired) electrons. The van der Waals surface area contributed by atoms with E-state index in [0.29, 0.717) is 5.92 Å². The molecule has 1 rings (SSSR count). The van der Waals surface area contributed by atoms with Gasteiger partial charge in [0, 0.05) is 24.4 Å². The number of nitrogens with one attached hydrogen (secondary N) is 2. The lowest BCUT2D eigenvalue weighted by Crippen LogP contribution is -2.57. The Morgan fingerprint density at radius 1 is 1.19 bits per heavy atom. The van der Waals surface area contributed by atoms with Crippen LogP contribution in [0.2, 0.25) is 0 Å². The number of carbonyl (C=O) groups is 3. The average Bonchev–Trinajstić information content (AvgIpc) is 3.05. The number of rotatable bonds is 7. The maximum Gasteiger partial charge on any atom is 0.311 e. The Morgan fingerprint density at radius 3 is 2.14 bits per heavy atom. The molecule has 0 spiro atoms. The zero-order valence-corrected chi connectivity index (χ0v) is 13.4. The zero-order valence-electron chi connectivity index (χ0n) is 13.4. The van der Waals surface area contributed by atoms with Crippen LogP contribution in [0.5, 0.6) is 0 Å². The maximum absolute atomic E-state index is 11.9. The largest absolute Gasteiger partial charge is 0.481 e. The first-order chi connectivity index (χ1) is 9.49. The van der Waals surface area contributed by atoms with Crippen LogP contribution in [0, 0.1) is 17.3 Å². The van der Waals surface area contributed by atoms with E-state index in [0.717, 1.165) is 6.42 Å². The molecule has 0 heterocycles. The molecule has 1 saturated carbocycles. The van der Waals surface area contributed by atoms with Gasteiger partial charge in [0.25, 0.3) is 0 Å². The summed E-state index contributed by atoms with van der Waals surface area (Å²) in [4.78, 5) is 34.8. The third kappa shape index (κ3) is 4.19. The van der Waals surface area contributed by atoms with Crippen molar-refractivity contribution in [2.45, 2.75) is 53.0 Å². The van der Waals surface area contributed by atoms with Crippen LogP contribution >= 0.6 is 0 Å². The van der Waals surface area contributed by atoms with Crippen LogP contribution in [0.4, 0.5) is 0 Å². The molecule has 1 aliphatic rings. The molecule has 3 N–H and O–H groups in total. The Labute approximate surface area is 125 Å². The highest BCUT2D eigenvalue weighted by Crippen LogP contribution is 2.37. The second-order valence-electron chi connectivity index (χ2n) is 6.96. The topological polar surface area (TPSA) is 95.5 Å². The van der Waals surface area contributed by atoms with Crippen LogP contribution in [-0.4, -0.2) is 35.0 Å². The van der Waals surface area contributed by atoms with Crippen LogP contribution in [0.1, 0.15) is 47.5 Å².